The van der Waals surface area contributed by atoms with E-state index >= 15 is 0 Å². The lowest BCUT2D eigenvalue weighted by atomic mass is 9.92. The number of carbonyl (C=O) groups is 1. The topological polar surface area (TPSA) is 129 Å². The number of nitrogens with zero attached hydrogens (tertiary/aromatic N) is 6. The van der Waals surface area contributed by atoms with Crippen molar-refractivity contribution in [2.45, 2.75) is 33.1 Å². The van der Waals surface area contributed by atoms with Crippen LogP contribution in [0.4, 0.5) is 22.1 Å². The van der Waals surface area contributed by atoms with Crippen LogP contribution < -0.4 is 16.4 Å². The van der Waals surface area contributed by atoms with Crippen molar-refractivity contribution < 1.29 is 4.79 Å². The van der Waals surface area contributed by atoms with Gasteiger partial charge in [0.15, 0.2) is 5.65 Å². The van der Waals surface area contributed by atoms with Crippen LogP contribution in [0.5, 0.6) is 0 Å². The Bertz CT molecular complexity index is 1660. The zero-order valence-electron chi connectivity index (χ0n) is 21.7. The standard InChI is InChI=1S/C27H28ClN9O/c1-15-6-9-17(10-7-15)37-21(13-20(34-37)27(2,3)4)33-26(38)32-16-8-11-18(19(28)12-16)23-22-24(29)30-14-31-25(22)36(5)35-23/h6-14H,1-5H3,(H2,29,30,31)(H2,32,33,38). The Morgan fingerprint density at radius 3 is 2.42 bits per heavy atom. The van der Waals surface area contributed by atoms with Gasteiger partial charge < -0.3 is 11.1 Å². The van der Waals surface area contributed by atoms with Crippen molar-refractivity contribution in [3.63, 3.8) is 0 Å². The number of anilines is 3. The summed E-state index contributed by atoms with van der Waals surface area (Å²) in [5.74, 6) is 0.866. The first-order valence-electron chi connectivity index (χ1n) is 12.0. The fourth-order valence-corrected chi connectivity index (χ4v) is 4.35. The van der Waals surface area contributed by atoms with Gasteiger partial charge in [0.05, 0.1) is 21.8 Å². The summed E-state index contributed by atoms with van der Waals surface area (Å²) in [6, 6.07) is 14.6. The number of hydrogen-bond donors (Lipinski definition) is 3. The molecule has 0 fully saturated rings. The molecule has 0 atom stereocenters. The third kappa shape index (κ3) is 4.78. The number of urea groups is 1. The molecule has 0 saturated carbocycles. The van der Waals surface area contributed by atoms with E-state index in [0.29, 0.717) is 44.6 Å². The molecule has 5 rings (SSSR count). The molecule has 0 aliphatic heterocycles. The van der Waals surface area contributed by atoms with Crippen molar-refractivity contribution in [3.05, 3.63) is 71.1 Å². The number of rotatable bonds is 4. The van der Waals surface area contributed by atoms with E-state index in [1.54, 1.807) is 34.6 Å². The van der Waals surface area contributed by atoms with Crippen molar-refractivity contribution in [2.75, 3.05) is 16.4 Å². The first-order valence-corrected chi connectivity index (χ1v) is 12.4. The number of amides is 2. The molecule has 0 saturated heterocycles. The van der Waals surface area contributed by atoms with Crippen molar-refractivity contribution >= 4 is 46.0 Å². The Labute approximate surface area is 224 Å². The van der Waals surface area contributed by atoms with Crippen LogP contribution in [0.1, 0.15) is 32.0 Å². The number of nitrogens with two attached hydrogens (primary N) is 1. The van der Waals surface area contributed by atoms with Crippen molar-refractivity contribution in [2.24, 2.45) is 7.05 Å². The summed E-state index contributed by atoms with van der Waals surface area (Å²) < 4.78 is 3.36. The first-order chi connectivity index (χ1) is 18.0. The van der Waals surface area contributed by atoms with E-state index in [4.69, 9.17) is 22.4 Å². The maximum atomic E-state index is 13.0. The third-order valence-electron chi connectivity index (χ3n) is 6.13. The average molecular weight is 530 g/mol. The van der Waals surface area contributed by atoms with E-state index in [9.17, 15) is 4.79 Å². The Balaban J connectivity index is 1.41. The number of nitrogen functional groups attached to an aromatic ring is 1. The molecule has 3 heterocycles. The van der Waals surface area contributed by atoms with E-state index in [1.807, 2.05) is 37.3 Å². The number of carbonyl (C=O) groups excluding carboxylic acids is 1. The zero-order chi connectivity index (χ0) is 27.2. The maximum Gasteiger partial charge on any atom is 0.324 e. The lowest BCUT2D eigenvalue weighted by Gasteiger charge is -2.14. The minimum Gasteiger partial charge on any atom is -0.383 e. The third-order valence-corrected chi connectivity index (χ3v) is 6.44. The largest absolute Gasteiger partial charge is 0.383 e. The summed E-state index contributed by atoms with van der Waals surface area (Å²) in [4.78, 5) is 21.4. The monoisotopic (exact) mass is 529 g/mol. The minimum absolute atomic E-state index is 0.198. The molecule has 0 bridgehead atoms. The SMILES string of the molecule is Cc1ccc(-n2nc(C(C)(C)C)cc2NC(=O)Nc2ccc(-c3nn(C)c4ncnc(N)c34)c(Cl)c2)cc1. The van der Waals surface area contributed by atoms with Crippen LogP contribution in [0.15, 0.2) is 54.9 Å². The predicted octanol–water partition coefficient (Wildman–Crippen LogP) is 5.70. The van der Waals surface area contributed by atoms with E-state index in [2.05, 4.69) is 46.5 Å². The zero-order valence-corrected chi connectivity index (χ0v) is 22.5. The van der Waals surface area contributed by atoms with Gasteiger partial charge in [0.1, 0.15) is 23.7 Å². The van der Waals surface area contributed by atoms with Crippen molar-refractivity contribution in [3.8, 4) is 16.9 Å². The number of halogens is 1. The van der Waals surface area contributed by atoms with Gasteiger partial charge in [-0.05, 0) is 37.3 Å². The van der Waals surface area contributed by atoms with Crippen LogP contribution in [-0.2, 0) is 12.5 Å². The van der Waals surface area contributed by atoms with Crippen LogP contribution in [0.25, 0.3) is 28.0 Å². The lowest BCUT2D eigenvalue weighted by molar-refractivity contribution is 0.262. The van der Waals surface area contributed by atoms with Gasteiger partial charge in [-0.15, -0.1) is 0 Å². The fourth-order valence-electron chi connectivity index (χ4n) is 4.08. The highest BCUT2D eigenvalue weighted by molar-refractivity contribution is 6.34. The smallest absolute Gasteiger partial charge is 0.324 e. The summed E-state index contributed by atoms with van der Waals surface area (Å²) in [6.45, 7) is 8.25. The number of fused-ring (bicyclic) bond motifs is 1. The van der Waals surface area contributed by atoms with Gasteiger partial charge >= 0.3 is 6.03 Å². The number of hydrogen-bond acceptors (Lipinski definition) is 6. The van der Waals surface area contributed by atoms with Gasteiger partial charge in [-0.1, -0.05) is 50.1 Å². The van der Waals surface area contributed by atoms with Crippen LogP contribution in [0.3, 0.4) is 0 Å². The van der Waals surface area contributed by atoms with Gasteiger partial charge in [0.2, 0.25) is 0 Å². The molecule has 0 radical (unpaired) electrons. The molecule has 11 heteroatoms. The van der Waals surface area contributed by atoms with Crippen molar-refractivity contribution in [1.29, 1.82) is 0 Å². The molecule has 0 spiro atoms. The summed E-state index contributed by atoms with van der Waals surface area (Å²) in [6.07, 6.45) is 1.39. The molecule has 0 unspecified atom stereocenters. The van der Waals surface area contributed by atoms with Crippen molar-refractivity contribution in [1.82, 2.24) is 29.5 Å². The number of aromatic nitrogens is 6. The molecule has 38 heavy (non-hydrogen) atoms. The Hall–Kier alpha value is -4.44. The second-order valence-corrected chi connectivity index (χ2v) is 10.5. The number of benzene rings is 2. The second kappa shape index (κ2) is 9.46. The van der Waals surface area contributed by atoms with Crippen LogP contribution in [-0.4, -0.2) is 35.6 Å². The molecule has 3 aromatic heterocycles. The predicted molar refractivity (Wildman–Crippen MR) is 151 cm³/mol. The quantitative estimate of drug-likeness (QED) is 0.274. The molecule has 194 valence electrons. The Morgan fingerprint density at radius 1 is 1.00 bits per heavy atom. The van der Waals surface area contributed by atoms with Crippen LogP contribution >= 0.6 is 11.6 Å². The van der Waals surface area contributed by atoms with E-state index < -0.39 is 6.03 Å². The number of aryl methyl sites for hydroxylation is 2. The highest BCUT2D eigenvalue weighted by Gasteiger charge is 2.22. The van der Waals surface area contributed by atoms with Gasteiger partial charge in [-0.25, -0.2) is 24.1 Å². The van der Waals surface area contributed by atoms with Crippen LogP contribution in [0, 0.1) is 6.92 Å². The lowest BCUT2D eigenvalue weighted by Crippen LogP contribution is -2.21. The molecule has 2 aromatic carbocycles. The Morgan fingerprint density at radius 2 is 1.74 bits per heavy atom. The average Bonchev–Trinajstić information content (AvgIpc) is 3.42. The fraction of sp³-hybridized carbons (Fsp3) is 0.222. The van der Waals surface area contributed by atoms with Gasteiger partial charge in [-0.2, -0.15) is 10.2 Å². The summed E-state index contributed by atoms with van der Waals surface area (Å²) >= 11 is 6.62. The second-order valence-electron chi connectivity index (χ2n) is 10.1. The molecule has 2 amide bonds. The molecule has 0 aliphatic rings. The Kier molecular flexibility index (Phi) is 6.28. The van der Waals surface area contributed by atoms with E-state index in [0.717, 1.165) is 16.9 Å². The van der Waals surface area contributed by atoms with E-state index in [1.165, 1.54) is 6.33 Å². The highest BCUT2D eigenvalue weighted by atomic mass is 35.5. The number of nitrogens with one attached hydrogen (secondary N) is 2. The molecular weight excluding hydrogens is 502 g/mol. The summed E-state index contributed by atoms with van der Waals surface area (Å²) in [7, 11) is 1.78. The summed E-state index contributed by atoms with van der Waals surface area (Å²) in [5, 5.41) is 16.1. The molecule has 5 aromatic rings. The minimum atomic E-state index is -0.427. The van der Waals surface area contributed by atoms with Crippen LogP contribution in [0.2, 0.25) is 5.02 Å². The summed E-state index contributed by atoms with van der Waals surface area (Å²) in [5.41, 5.74) is 11.1. The molecule has 4 N–H and O–H groups in total. The highest BCUT2D eigenvalue weighted by Crippen LogP contribution is 2.35. The molecular formula is C27H28ClN9O. The van der Waals surface area contributed by atoms with E-state index in [-0.39, 0.29) is 5.41 Å². The van der Waals surface area contributed by atoms with Gasteiger partial charge in [-0.3, -0.25) is 5.32 Å². The molecule has 0 aliphatic carbocycles. The maximum absolute atomic E-state index is 13.0. The normalized spacial score (nSPS) is 11.6. The first kappa shape index (κ1) is 25.2. The van der Waals surface area contributed by atoms with Gasteiger partial charge in [0, 0.05) is 29.8 Å². The molecule has 10 nitrogen and oxygen atoms in total. The van der Waals surface area contributed by atoms with Gasteiger partial charge in [0.25, 0.3) is 0 Å².